The van der Waals surface area contributed by atoms with Crippen molar-refractivity contribution in [2.75, 3.05) is 51.2 Å². The van der Waals surface area contributed by atoms with E-state index in [1.54, 1.807) is 29.6 Å². The Morgan fingerprint density at radius 2 is 1.81 bits per heavy atom. The fourth-order valence-electron chi connectivity index (χ4n) is 4.82. The van der Waals surface area contributed by atoms with E-state index in [9.17, 15) is 14.2 Å². The fourth-order valence-corrected chi connectivity index (χ4v) is 6.47. The second-order valence-corrected chi connectivity index (χ2v) is 11.0. The van der Waals surface area contributed by atoms with Crippen LogP contribution in [0.15, 0.2) is 47.4 Å². The van der Waals surface area contributed by atoms with Crippen molar-refractivity contribution in [1.82, 2.24) is 9.58 Å². The van der Waals surface area contributed by atoms with Crippen molar-refractivity contribution in [3.05, 3.63) is 64.1 Å². The molecule has 1 spiro atoms. The third kappa shape index (κ3) is 5.09. The van der Waals surface area contributed by atoms with E-state index in [-0.39, 0.29) is 55.3 Å². The van der Waals surface area contributed by atoms with E-state index in [2.05, 4.69) is 0 Å². The smallest absolute Gasteiger partial charge is 0.330 e. The van der Waals surface area contributed by atoms with Gasteiger partial charge >= 0.3 is 7.60 Å². The predicted octanol–water partition coefficient (Wildman–Crippen LogP) is 3.22. The molecule has 36 heavy (non-hydrogen) atoms. The third-order valence-electron chi connectivity index (χ3n) is 6.58. The molecule has 0 radical (unpaired) electrons. The average molecular weight is 520 g/mol. The van der Waals surface area contributed by atoms with E-state index in [0.717, 1.165) is 5.56 Å². The van der Waals surface area contributed by atoms with Gasteiger partial charge in [-0.15, -0.1) is 0 Å². The summed E-state index contributed by atoms with van der Waals surface area (Å²) in [4.78, 5) is 28.6. The highest BCUT2D eigenvalue weighted by molar-refractivity contribution is 7.53. The highest BCUT2D eigenvalue weighted by Crippen LogP contribution is 2.48. The molecule has 196 valence electrons. The number of carbonyl (C=O) groups excluding carboxylic acids is 1. The monoisotopic (exact) mass is 519 g/mol. The second kappa shape index (κ2) is 11.2. The van der Waals surface area contributed by atoms with Crippen LogP contribution in [-0.2, 0) is 25.0 Å². The Morgan fingerprint density at radius 1 is 1.08 bits per heavy atom. The number of aromatic nitrogens is 1. The van der Waals surface area contributed by atoms with Crippen LogP contribution in [0.1, 0.15) is 42.7 Å². The number of hydrogen-bond donors (Lipinski definition) is 0. The van der Waals surface area contributed by atoms with Gasteiger partial charge in [0.25, 0.3) is 5.91 Å². The van der Waals surface area contributed by atoms with E-state index in [4.69, 9.17) is 18.5 Å². The minimum absolute atomic E-state index is 0.00581. The summed E-state index contributed by atoms with van der Waals surface area (Å²) in [5.41, 5.74) is -0.0564. The molecule has 10 nitrogen and oxygen atoms in total. The second-order valence-electron chi connectivity index (χ2n) is 8.77. The van der Waals surface area contributed by atoms with Gasteiger partial charge in [0, 0.05) is 32.3 Å². The SMILES string of the molecule is CCOP(=O)(CCCN1C(=O)c2c(OCc3ccccc3)c(=O)ccn2N(C)C12CCOC2)OCC. The number of likely N-dealkylation sites (N-methyl/N-ethyl adjacent to an activating group) is 1. The van der Waals surface area contributed by atoms with Crippen LogP contribution in [-0.4, -0.2) is 67.3 Å². The molecule has 3 heterocycles. The molecule has 2 aliphatic heterocycles. The average Bonchev–Trinajstić information content (AvgIpc) is 3.35. The Kier molecular flexibility index (Phi) is 8.20. The molecule has 0 bridgehead atoms. The highest BCUT2D eigenvalue weighted by atomic mass is 31.2. The van der Waals surface area contributed by atoms with Gasteiger partial charge in [0.1, 0.15) is 6.61 Å². The van der Waals surface area contributed by atoms with Gasteiger partial charge in [0.05, 0.1) is 32.6 Å². The maximum atomic E-state index is 14.0. The van der Waals surface area contributed by atoms with Crippen LogP contribution in [0.2, 0.25) is 0 Å². The zero-order chi connectivity index (χ0) is 25.8. The highest BCUT2D eigenvalue weighted by Gasteiger charge is 2.52. The molecule has 1 unspecified atom stereocenters. The van der Waals surface area contributed by atoms with Crippen molar-refractivity contribution in [3.63, 3.8) is 0 Å². The maximum Gasteiger partial charge on any atom is 0.330 e. The van der Waals surface area contributed by atoms with Crippen LogP contribution in [0.5, 0.6) is 5.75 Å². The Hall–Kier alpha value is -2.65. The Balaban J connectivity index is 1.65. The topological polar surface area (TPSA) is 99.5 Å². The number of pyridine rings is 1. The summed E-state index contributed by atoms with van der Waals surface area (Å²) in [6.07, 6.45) is 2.77. The predicted molar refractivity (Wildman–Crippen MR) is 135 cm³/mol. The number of hydrogen-bond acceptors (Lipinski definition) is 8. The van der Waals surface area contributed by atoms with Crippen molar-refractivity contribution in [2.45, 2.75) is 39.0 Å². The van der Waals surface area contributed by atoms with Crippen molar-refractivity contribution in [2.24, 2.45) is 0 Å². The van der Waals surface area contributed by atoms with Crippen LogP contribution < -0.4 is 15.2 Å². The number of amides is 1. The van der Waals surface area contributed by atoms with Crippen molar-refractivity contribution < 1.29 is 27.9 Å². The Labute approximate surface area is 211 Å². The standard InChI is InChI=1S/C25H34N3O7P/c1-4-34-36(31,35-5-2)17-9-14-27-24(30)22-23(33-18-20-10-7-6-8-11-20)21(29)12-15-28(22)26(3)25(27)13-16-32-19-25/h6-8,10-12,15H,4-5,9,13-14,16-19H2,1-3H3. The van der Waals surface area contributed by atoms with Gasteiger partial charge < -0.3 is 23.4 Å². The molecule has 2 aliphatic rings. The normalized spacial score (nSPS) is 19.7. The van der Waals surface area contributed by atoms with Crippen molar-refractivity contribution in [3.8, 4) is 5.75 Å². The maximum absolute atomic E-state index is 14.0. The zero-order valence-corrected chi connectivity index (χ0v) is 21.9. The molecule has 1 saturated heterocycles. The number of fused-ring (bicyclic) bond motifs is 1. The molecular formula is C25H34N3O7P. The van der Waals surface area contributed by atoms with Crippen LogP contribution in [0, 0.1) is 0 Å². The van der Waals surface area contributed by atoms with E-state index in [1.165, 1.54) is 6.07 Å². The molecule has 0 saturated carbocycles. The summed E-state index contributed by atoms with van der Waals surface area (Å²) in [5.74, 6) is -0.326. The van der Waals surface area contributed by atoms with Crippen molar-refractivity contribution >= 4 is 13.5 Å². The van der Waals surface area contributed by atoms with Gasteiger partial charge in [-0.2, -0.15) is 0 Å². The molecule has 1 fully saturated rings. The first-order chi connectivity index (χ1) is 17.3. The number of nitrogens with zero attached hydrogens (tertiary/aromatic N) is 3. The lowest BCUT2D eigenvalue weighted by Crippen LogP contribution is -2.70. The molecule has 0 aliphatic carbocycles. The molecule has 0 N–H and O–H groups in total. The molecule has 11 heteroatoms. The van der Waals surface area contributed by atoms with Gasteiger partial charge in [-0.25, -0.2) is 0 Å². The molecule has 4 rings (SSSR count). The summed E-state index contributed by atoms with van der Waals surface area (Å²) < 4.78 is 37.2. The van der Waals surface area contributed by atoms with Crippen LogP contribution in [0.3, 0.4) is 0 Å². The van der Waals surface area contributed by atoms with E-state index < -0.39 is 13.3 Å². The largest absolute Gasteiger partial charge is 0.482 e. The molecular weight excluding hydrogens is 485 g/mol. The summed E-state index contributed by atoms with van der Waals surface area (Å²) in [6, 6.07) is 10.9. The van der Waals surface area contributed by atoms with E-state index in [0.29, 0.717) is 26.1 Å². The number of rotatable bonds is 11. The lowest BCUT2D eigenvalue weighted by molar-refractivity contribution is 0.0220. The molecule has 1 aromatic heterocycles. The number of benzene rings is 1. The van der Waals surface area contributed by atoms with E-state index in [1.807, 2.05) is 42.4 Å². The number of carbonyl (C=O) groups is 1. The van der Waals surface area contributed by atoms with Crippen molar-refractivity contribution in [1.29, 1.82) is 0 Å². The van der Waals surface area contributed by atoms with Gasteiger partial charge in [-0.1, -0.05) is 30.3 Å². The number of ether oxygens (including phenoxy) is 2. The summed E-state index contributed by atoms with van der Waals surface area (Å²) in [6.45, 7) is 5.35. The van der Waals surface area contributed by atoms with E-state index >= 15 is 0 Å². The zero-order valence-electron chi connectivity index (χ0n) is 21.1. The van der Waals surface area contributed by atoms with Gasteiger partial charge in [0.2, 0.25) is 5.43 Å². The van der Waals surface area contributed by atoms with Gasteiger partial charge in [-0.3, -0.25) is 23.8 Å². The first kappa shape index (κ1) is 26.4. The molecule has 1 atom stereocenters. The molecule has 1 amide bonds. The van der Waals surface area contributed by atoms with Crippen LogP contribution in [0.4, 0.5) is 0 Å². The fraction of sp³-hybridized carbons (Fsp3) is 0.520. The third-order valence-corrected chi connectivity index (χ3v) is 8.75. The van der Waals surface area contributed by atoms with Gasteiger partial charge in [-0.05, 0) is 25.8 Å². The lowest BCUT2D eigenvalue weighted by Gasteiger charge is -2.52. The van der Waals surface area contributed by atoms with Gasteiger partial charge in [0.15, 0.2) is 17.1 Å². The Morgan fingerprint density at radius 3 is 2.44 bits per heavy atom. The molecule has 1 aromatic carbocycles. The minimum Gasteiger partial charge on any atom is -0.482 e. The lowest BCUT2D eigenvalue weighted by atomic mass is 10.0. The first-order valence-corrected chi connectivity index (χ1v) is 14.0. The Bertz CT molecular complexity index is 1150. The molecule has 2 aromatic rings. The first-order valence-electron chi connectivity index (χ1n) is 12.3. The minimum atomic E-state index is -3.26. The summed E-state index contributed by atoms with van der Waals surface area (Å²) in [5, 5.41) is 1.93. The van der Waals surface area contributed by atoms with Crippen LogP contribution >= 0.6 is 7.60 Å². The summed E-state index contributed by atoms with van der Waals surface area (Å²) in [7, 11) is -1.39. The summed E-state index contributed by atoms with van der Waals surface area (Å²) >= 11 is 0. The quantitative estimate of drug-likeness (QED) is 0.418. The van der Waals surface area contributed by atoms with Crippen LogP contribution in [0.25, 0.3) is 0 Å².